The van der Waals surface area contributed by atoms with Crippen LogP contribution in [-0.4, -0.2) is 28.1 Å². The Bertz CT molecular complexity index is 977. The number of unbranched alkanes of at least 4 members (excludes halogenated alkanes) is 1. The van der Waals surface area contributed by atoms with Gasteiger partial charge in [0, 0.05) is 33.7 Å². The van der Waals surface area contributed by atoms with E-state index in [1.165, 1.54) is 0 Å². The van der Waals surface area contributed by atoms with Crippen molar-refractivity contribution >= 4 is 44.8 Å². The van der Waals surface area contributed by atoms with Crippen LogP contribution in [-0.2, 0) is 16.0 Å². The fraction of sp³-hybridized carbons (Fsp3) is 0.462. The van der Waals surface area contributed by atoms with Crippen molar-refractivity contribution in [3.63, 3.8) is 0 Å². The molecule has 0 saturated heterocycles. The van der Waals surface area contributed by atoms with Gasteiger partial charge < -0.3 is 10.2 Å². The maximum Gasteiger partial charge on any atom is 0.303 e. The van der Waals surface area contributed by atoms with Crippen molar-refractivity contribution in [2.45, 2.75) is 63.9 Å². The molecule has 3 atom stereocenters. The topological polar surface area (TPSA) is 74.6 Å². The Balaban J connectivity index is 1.51. The highest BCUT2D eigenvalue weighted by atomic mass is 35.5. The lowest BCUT2D eigenvalue weighted by atomic mass is 9.76. The molecule has 1 aromatic carbocycles. The van der Waals surface area contributed by atoms with Gasteiger partial charge in [0.25, 0.3) is 0 Å². The second kappa shape index (κ2) is 12.3. The first kappa shape index (κ1) is 24.7. The van der Waals surface area contributed by atoms with Crippen LogP contribution in [0.25, 0.3) is 10.1 Å². The van der Waals surface area contributed by atoms with Gasteiger partial charge in [-0.3, -0.25) is 9.59 Å². The summed E-state index contributed by atoms with van der Waals surface area (Å²) in [7, 11) is 0. The van der Waals surface area contributed by atoms with Crippen molar-refractivity contribution in [2.75, 3.05) is 0 Å². The minimum absolute atomic E-state index is 0.0556. The molecule has 3 rings (SSSR count). The van der Waals surface area contributed by atoms with E-state index in [1.807, 2.05) is 42.5 Å². The molecule has 6 heteroatoms. The number of carboxylic acids is 1. The summed E-state index contributed by atoms with van der Waals surface area (Å²) in [4.78, 5) is 24.1. The number of aryl methyl sites for hydroxylation is 1. The summed E-state index contributed by atoms with van der Waals surface area (Å²) in [5.74, 6) is -0.408. The molecule has 1 aromatic heterocycles. The second-order valence-corrected chi connectivity index (χ2v) is 9.96. The summed E-state index contributed by atoms with van der Waals surface area (Å²) in [6.07, 6.45) is 13.2. The van der Waals surface area contributed by atoms with Crippen molar-refractivity contribution in [2.24, 2.45) is 11.8 Å². The molecule has 0 spiro atoms. The normalized spacial score (nSPS) is 20.5. The van der Waals surface area contributed by atoms with Gasteiger partial charge in [-0.25, -0.2) is 0 Å². The second-order valence-electron chi connectivity index (χ2n) is 8.45. The molecule has 1 unspecified atom stereocenters. The Morgan fingerprint density at radius 1 is 1.28 bits per heavy atom. The van der Waals surface area contributed by atoms with Crippen LogP contribution in [0.1, 0.15) is 56.2 Å². The summed E-state index contributed by atoms with van der Waals surface area (Å²) in [6, 6.07) is 8.07. The Morgan fingerprint density at radius 3 is 2.88 bits per heavy atom. The van der Waals surface area contributed by atoms with Gasteiger partial charge in [-0.05, 0) is 56.9 Å². The molecule has 1 aliphatic rings. The molecular weight excluding hydrogens is 444 g/mol. The summed E-state index contributed by atoms with van der Waals surface area (Å²) in [5, 5.41) is 21.1. The highest BCUT2D eigenvalue weighted by molar-refractivity contribution is 7.19. The maximum absolute atomic E-state index is 12.5. The molecule has 2 aromatic rings. The molecule has 1 saturated carbocycles. The van der Waals surface area contributed by atoms with Gasteiger partial charge in [0.2, 0.25) is 0 Å². The van der Waals surface area contributed by atoms with E-state index in [1.54, 1.807) is 11.3 Å². The quantitative estimate of drug-likeness (QED) is 0.284. The van der Waals surface area contributed by atoms with Gasteiger partial charge in [0.1, 0.15) is 5.78 Å². The Hall–Kier alpha value is -1.95. The minimum atomic E-state index is -0.778. The van der Waals surface area contributed by atoms with Gasteiger partial charge in [-0.1, -0.05) is 54.1 Å². The number of carbonyl (C=O) groups is 2. The van der Waals surface area contributed by atoms with Crippen LogP contribution in [0.2, 0.25) is 5.02 Å². The smallest absolute Gasteiger partial charge is 0.303 e. The molecule has 4 nitrogen and oxygen atoms in total. The third-order valence-electron chi connectivity index (χ3n) is 6.06. The average molecular weight is 475 g/mol. The number of Topliss-reactive ketones (excluding diaryl/α,β-unsaturated/α-hetero) is 1. The van der Waals surface area contributed by atoms with E-state index in [9.17, 15) is 14.7 Å². The third kappa shape index (κ3) is 7.03. The van der Waals surface area contributed by atoms with Gasteiger partial charge in [-0.15, -0.1) is 11.3 Å². The van der Waals surface area contributed by atoms with E-state index in [2.05, 4.69) is 6.07 Å². The van der Waals surface area contributed by atoms with Crippen molar-refractivity contribution < 1.29 is 19.8 Å². The number of allylic oxidation sites excluding steroid dienone is 3. The zero-order valence-electron chi connectivity index (χ0n) is 18.2. The number of carbonyl (C=O) groups excluding carboxylic acids is 1. The number of benzene rings is 1. The Kier molecular flexibility index (Phi) is 9.51. The number of carboxylic acid groups (broad SMARTS) is 1. The van der Waals surface area contributed by atoms with Crippen LogP contribution < -0.4 is 0 Å². The van der Waals surface area contributed by atoms with Crippen LogP contribution in [0.5, 0.6) is 0 Å². The zero-order valence-corrected chi connectivity index (χ0v) is 19.8. The standard InChI is InChI=1S/C26H31ClO4S/c27-26-21-10-5-6-12-23(21)32-24(26)17-16-19(28)15-14-18-8-7-11-22(29)20(18)9-3-1-2-4-13-25(30)31/h1,3,5-6,10,12,14-15,18-20,28H,2,4,7-9,11,13,16-17H2,(H,30,31)/b3-1-,15-14+/t18-,19?,20-/m1/s1. The average Bonchev–Trinajstić information content (AvgIpc) is 3.10. The number of aliphatic hydroxyl groups excluding tert-OH is 1. The fourth-order valence-corrected chi connectivity index (χ4v) is 5.82. The van der Waals surface area contributed by atoms with E-state index in [4.69, 9.17) is 16.7 Å². The van der Waals surface area contributed by atoms with Crippen molar-refractivity contribution in [3.8, 4) is 0 Å². The van der Waals surface area contributed by atoms with E-state index >= 15 is 0 Å². The van der Waals surface area contributed by atoms with Crippen LogP contribution in [0.15, 0.2) is 48.6 Å². The lowest BCUT2D eigenvalue weighted by Crippen LogP contribution is -2.27. The van der Waals surface area contributed by atoms with Crippen LogP contribution in [0, 0.1) is 11.8 Å². The summed E-state index contributed by atoms with van der Waals surface area (Å²) >= 11 is 8.18. The fourth-order valence-electron chi connectivity index (χ4n) is 4.28. The van der Waals surface area contributed by atoms with Gasteiger partial charge in [0.15, 0.2) is 0 Å². The zero-order chi connectivity index (χ0) is 22.9. The third-order valence-corrected chi connectivity index (χ3v) is 7.83. The van der Waals surface area contributed by atoms with E-state index in [0.717, 1.165) is 39.2 Å². The number of fused-ring (bicyclic) bond motifs is 1. The summed E-state index contributed by atoms with van der Waals surface area (Å²) in [5.41, 5.74) is 0. The molecule has 172 valence electrons. The number of hydrogen-bond acceptors (Lipinski definition) is 4. The van der Waals surface area contributed by atoms with Crippen LogP contribution >= 0.6 is 22.9 Å². The molecular formula is C26H31ClO4S. The number of aliphatic carboxylic acids is 1. The molecule has 0 bridgehead atoms. The largest absolute Gasteiger partial charge is 0.481 e. The molecule has 0 aliphatic heterocycles. The van der Waals surface area contributed by atoms with Crippen molar-refractivity contribution in [3.05, 3.63) is 58.5 Å². The molecule has 1 heterocycles. The Morgan fingerprint density at radius 2 is 2.09 bits per heavy atom. The van der Waals surface area contributed by atoms with Gasteiger partial charge in [0.05, 0.1) is 11.1 Å². The lowest BCUT2D eigenvalue weighted by molar-refractivity contribution is -0.137. The van der Waals surface area contributed by atoms with E-state index < -0.39 is 12.1 Å². The predicted molar refractivity (Wildman–Crippen MR) is 131 cm³/mol. The molecule has 1 aliphatic carbocycles. The van der Waals surface area contributed by atoms with Gasteiger partial charge >= 0.3 is 5.97 Å². The first-order chi connectivity index (χ1) is 15.5. The summed E-state index contributed by atoms with van der Waals surface area (Å²) < 4.78 is 1.16. The number of thiophene rings is 1. The first-order valence-electron chi connectivity index (χ1n) is 11.4. The molecule has 2 N–H and O–H groups in total. The predicted octanol–water partition coefficient (Wildman–Crippen LogP) is 6.59. The highest BCUT2D eigenvalue weighted by Crippen LogP contribution is 2.36. The highest BCUT2D eigenvalue weighted by Gasteiger charge is 2.29. The number of aliphatic hydroxyl groups is 1. The number of hydrogen-bond donors (Lipinski definition) is 2. The molecule has 0 amide bonds. The van der Waals surface area contributed by atoms with Crippen molar-refractivity contribution in [1.29, 1.82) is 0 Å². The SMILES string of the molecule is O=C(O)CCC/C=C\C[C@H]1C(=O)CCC[C@@H]1/C=C/C(O)CCc1sc2ccccc2c1Cl. The van der Waals surface area contributed by atoms with E-state index in [0.29, 0.717) is 32.1 Å². The number of ketones is 1. The number of halogens is 1. The lowest BCUT2D eigenvalue weighted by Gasteiger charge is -2.27. The minimum Gasteiger partial charge on any atom is -0.481 e. The first-order valence-corrected chi connectivity index (χ1v) is 12.6. The molecule has 32 heavy (non-hydrogen) atoms. The molecule has 0 radical (unpaired) electrons. The van der Waals surface area contributed by atoms with E-state index in [-0.39, 0.29) is 24.0 Å². The molecule has 1 fully saturated rings. The maximum atomic E-state index is 12.5. The van der Waals surface area contributed by atoms with Gasteiger partial charge in [-0.2, -0.15) is 0 Å². The summed E-state index contributed by atoms with van der Waals surface area (Å²) in [6.45, 7) is 0. The number of rotatable bonds is 11. The van der Waals surface area contributed by atoms with Crippen LogP contribution in [0.4, 0.5) is 0 Å². The monoisotopic (exact) mass is 474 g/mol. The Labute approximate surface area is 198 Å². The van der Waals surface area contributed by atoms with Crippen molar-refractivity contribution in [1.82, 2.24) is 0 Å². The van der Waals surface area contributed by atoms with Crippen LogP contribution in [0.3, 0.4) is 0 Å².